The van der Waals surface area contributed by atoms with Crippen molar-refractivity contribution in [1.82, 2.24) is 0 Å². The Bertz CT molecular complexity index is 633. The van der Waals surface area contributed by atoms with E-state index in [1.54, 1.807) is 0 Å². The van der Waals surface area contributed by atoms with Gasteiger partial charge in [0.15, 0.2) is 0 Å². The van der Waals surface area contributed by atoms with Crippen molar-refractivity contribution in [3.05, 3.63) is 0 Å². The predicted molar refractivity (Wildman–Crippen MR) is 199 cm³/mol. The van der Waals surface area contributed by atoms with Gasteiger partial charge in [-0.3, -0.25) is 0 Å². The van der Waals surface area contributed by atoms with Crippen LogP contribution in [0, 0.1) is 11.8 Å². The molecule has 2 heteroatoms. The van der Waals surface area contributed by atoms with Gasteiger partial charge < -0.3 is 9.47 Å². The molecule has 2 aliphatic carbocycles. The van der Waals surface area contributed by atoms with Crippen LogP contribution in [0.15, 0.2) is 0 Å². The van der Waals surface area contributed by atoms with Gasteiger partial charge in [0, 0.05) is 0 Å². The molecule has 6 atom stereocenters. The molecule has 2 saturated heterocycles. The van der Waals surface area contributed by atoms with Gasteiger partial charge in [0.05, 0.1) is 24.4 Å². The number of hydrogen-bond donors (Lipinski definition) is 0. The van der Waals surface area contributed by atoms with Gasteiger partial charge in [-0.25, -0.2) is 0 Å². The van der Waals surface area contributed by atoms with Crippen molar-refractivity contribution < 1.29 is 9.47 Å². The normalized spacial score (nSPS) is 26.3. The quantitative estimate of drug-likeness (QED) is 0.0633. The molecule has 45 heavy (non-hydrogen) atoms. The Labute approximate surface area is 284 Å². The van der Waals surface area contributed by atoms with Crippen LogP contribution in [0.5, 0.6) is 0 Å². The van der Waals surface area contributed by atoms with E-state index in [4.69, 9.17) is 9.47 Å². The number of fused-ring (bicyclic) bond motifs is 2. The maximum atomic E-state index is 5.75. The van der Waals surface area contributed by atoms with Crippen LogP contribution in [0.25, 0.3) is 0 Å². The molecule has 0 aromatic heterocycles. The summed E-state index contributed by atoms with van der Waals surface area (Å²) in [5.41, 5.74) is 0. The van der Waals surface area contributed by atoms with Crippen molar-refractivity contribution in [2.45, 2.75) is 264 Å². The Kier molecular flexibility index (Phi) is 25.4. The number of rotatable bonds is 28. The molecular formula is C43H84O2. The van der Waals surface area contributed by atoms with Gasteiger partial charge >= 0.3 is 0 Å². The molecule has 4 aliphatic rings. The SMILES string of the molecule is C.CCCCCCCCCCCCCCCC1CCC2OC2C1.CCCCCCCCCCCCCCCC1CCCC2OC12. The third kappa shape index (κ3) is 20.8. The molecule has 0 amide bonds. The highest BCUT2D eigenvalue weighted by Gasteiger charge is 2.46. The maximum Gasteiger partial charge on any atom is 0.0869 e. The van der Waals surface area contributed by atoms with Crippen molar-refractivity contribution in [2.24, 2.45) is 11.8 Å². The molecule has 0 aromatic rings. The molecular weight excluding hydrogens is 548 g/mol. The summed E-state index contributed by atoms with van der Waals surface area (Å²) in [5.74, 6) is 1.92. The highest BCUT2D eigenvalue weighted by atomic mass is 16.6. The van der Waals surface area contributed by atoms with Crippen LogP contribution in [0.2, 0.25) is 0 Å². The van der Waals surface area contributed by atoms with Crippen LogP contribution in [0.4, 0.5) is 0 Å². The molecule has 0 N–H and O–H groups in total. The van der Waals surface area contributed by atoms with E-state index in [-0.39, 0.29) is 7.43 Å². The van der Waals surface area contributed by atoms with Crippen LogP contribution < -0.4 is 0 Å². The van der Waals surface area contributed by atoms with E-state index in [0.29, 0.717) is 24.4 Å². The Morgan fingerprint density at radius 1 is 0.400 bits per heavy atom. The van der Waals surface area contributed by atoms with E-state index in [0.717, 1.165) is 11.8 Å². The maximum absolute atomic E-state index is 5.75. The molecule has 2 saturated carbocycles. The smallest absolute Gasteiger partial charge is 0.0869 e. The molecule has 2 heterocycles. The second-order valence-corrected chi connectivity index (χ2v) is 15.8. The van der Waals surface area contributed by atoms with Gasteiger partial charge in [-0.15, -0.1) is 0 Å². The summed E-state index contributed by atoms with van der Waals surface area (Å²) in [4.78, 5) is 0. The first-order valence-electron chi connectivity index (χ1n) is 21.1. The molecule has 0 bridgehead atoms. The molecule has 0 radical (unpaired) electrons. The number of epoxide rings is 2. The van der Waals surface area contributed by atoms with E-state index in [9.17, 15) is 0 Å². The summed E-state index contributed by atoms with van der Waals surface area (Å²) in [5, 5.41) is 0. The predicted octanol–water partition coefficient (Wildman–Crippen LogP) is 14.7. The largest absolute Gasteiger partial charge is 0.370 e. The zero-order valence-electron chi connectivity index (χ0n) is 30.3. The molecule has 6 unspecified atom stereocenters. The van der Waals surface area contributed by atoms with Crippen LogP contribution >= 0.6 is 0 Å². The molecule has 4 fully saturated rings. The second-order valence-electron chi connectivity index (χ2n) is 15.8. The summed E-state index contributed by atoms with van der Waals surface area (Å²) in [6, 6.07) is 0. The standard InChI is InChI=1S/2C21H40O.CH4/c1-2-3-4-5-6-7-8-9-10-11-12-13-14-16-19-17-15-18-20-21(19)22-20;1-2-3-4-5-6-7-8-9-10-11-12-13-14-15-19-16-17-20-21(18-19)22-20;/h2*19-21H,2-18H2,1H3;1H4. The Balaban J connectivity index is 0.000000307. The Morgan fingerprint density at radius 2 is 0.844 bits per heavy atom. The summed E-state index contributed by atoms with van der Waals surface area (Å²) in [7, 11) is 0. The van der Waals surface area contributed by atoms with Crippen molar-refractivity contribution in [3.8, 4) is 0 Å². The van der Waals surface area contributed by atoms with E-state index in [2.05, 4.69) is 13.8 Å². The molecule has 0 aromatic carbocycles. The van der Waals surface area contributed by atoms with Crippen LogP contribution in [0.1, 0.15) is 240 Å². The summed E-state index contributed by atoms with van der Waals surface area (Å²) in [6.07, 6.45) is 52.1. The van der Waals surface area contributed by atoms with E-state index in [1.165, 1.54) is 218 Å². The third-order valence-corrected chi connectivity index (χ3v) is 11.7. The Morgan fingerprint density at radius 3 is 1.31 bits per heavy atom. The molecule has 2 aliphatic heterocycles. The van der Waals surface area contributed by atoms with Gasteiger partial charge in [-0.05, 0) is 50.4 Å². The molecule has 268 valence electrons. The highest BCUT2D eigenvalue weighted by Crippen LogP contribution is 2.43. The van der Waals surface area contributed by atoms with Gasteiger partial charge in [0.2, 0.25) is 0 Å². The van der Waals surface area contributed by atoms with E-state index in [1.807, 2.05) is 0 Å². The lowest BCUT2D eigenvalue weighted by atomic mass is 9.85. The van der Waals surface area contributed by atoms with E-state index < -0.39 is 0 Å². The first-order valence-corrected chi connectivity index (χ1v) is 21.1. The highest BCUT2D eigenvalue weighted by molar-refractivity contribution is 4.94. The lowest BCUT2D eigenvalue weighted by Crippen LogP contribution is -2.15. The van der Waals surface area contributed by atoms with Gasteiger partial charge in [-0.1, -0.05) is 201 Å². The summed E-state index contributed by atoms with van der Waals surface area (Å²) in [6.45, 7) is 4.59. The first kappa shape index (κ1) is 41.1. The van der Waals surface area contributed by atoms with Crippen LogP contribution in [-0.4, -0.2) is 24.4 Å². The van der Waals surface area contributed by atoms with Gasteiger partial charge in [-0.2, -0.15) is 0 Å². The van der Waals surface area contributed by atoms with Gasteiger partial charge in [0.1, 0.15) is 0 Å². The second kappa shape index (κ2) is 27.8. The average molecular weight is 633 g/mol. The molecule has 2 nitrogen and oxygen atoms in total. The fourth-order valence-electron chi connectivity index (χ4n) is 8.48. The number of hydrogen-bond acceptors (Lipinski definition) is 2. The van der Waals surface area contributed by atoms with Crippen molar-refractivity contribution in [1.29, 1.82) is 0 Å². The zero-order valence-corrected chi connectivity index (χ0v) is 30.3. The van der Waals surface area contributed by atoms with Crippen LogP contribution in [-0.2, 0) is 9.47 Å². The lowest BCUT2D eigenvalue weighted by Gasteiger charge is -2.18. The number of ether oxygens (including phenoxy) is 2. The lowest BCUT2D eigenvalue weighted by molar-refractivity contribution is 0.301. The average Bonchev–Trinajstić information content (AvgIpc) is 3.97. The third-order valence-electron chi connectivity index (χ3n) is 11.7. The molecule has 4 rings (SSSR count). The first-order chi connectivity index (χ1) is 21.8. The van der Waals surface area contributed by atoms with Crippen molar-refractivity contribution in [3.63, 3.8) is 0 Å². The van der Waals surface area contributed by atoms with E-state index >= 15 is 0 Å². The minimum atomic E-state index is 0. The van der Waals surface area contributed by atoms with Crippen molar-refractivity contribution in [2.75, 3.05) is 0 Å². The van der Waals surface area contributed by atoms with Crippen LogP contribution in [0.3, 0.4) is 0 Å². The Hall–Kier alpha value is -0.0800. The van der Waals surface area contributed by atoms with Crippen molar-refractivity contribution >= 4 is 0 Å². The fourth-order valence-corrected chi connectivity index (χ4v) is 8.48. The zero-order chi connectivity index (χ0) is 30.9. The minimum Gasteiger partial charge on any atom is -0.370 e. The summed E-state index contributed by atoms with van der Waals surface area (Å²) < 4.78 is 11.4. The topological polar surface area (TPSA) is 25.1 Å². The number of unbranched alkanes of at least 4 members (excludes halogenated alkanes) is 24. The summed E-state index contributed by atoms with van der Waals surface area (Å²) >= 11 is 0. The van der Waals surface area contributed by atoms with Gasteiger partial charge in [0.25, 0.3) is 0 Å². The fraction of sp³-hybridized carbons (Fsp3) is 1.00. The minimum absolute atomic E-state index is 0. The monoisotopic (exact) mass is 633 g/mol. The molecule has 0 spiro atoms.